The van der Waals surface area contributed by atoms with Crippen molar-refractivity contribution in [1.82, 2.24) is 14.8 Å². The van der Waals surface area contributed by atoms with Gasteiger partial charge in [-0.15, -0.1) is 0 Å². The third-order valence-corrected chi connectivity index (χ3v) is 6.66. The van der Waals surface area contributed by atoms with Crippen LogP contribution in [0.25, 0.3) is 16.6 Å². The molecular weight excluding hydrogens is 354 g/mol. The molecule has 0 radical (unpaired) electrons. The molecule has 3 heterocycles. The maximum Gasteiger partial charge on any atom is 0.0924 e. The average Bonchev–Trinajstić information content (AvgIpc) is 3.04. The summed E-state index contributed by atoms with van der Waals surface area (Å²) in [7, 11) is 4.23. The fourth-order valence-electron chi connectivity index (χ4n) is 5.24. The zero-order valence-corrected chi connectivity index (χ0v) is 17.8. The lowest BCUT2D eigenvalue weighted by atomic mass is 9.75. The molecule has 1 atom stereocenters. The molecule has 0 spiro atoms. The highest BCUT2D eigenvalue weighted by molar-refractivity contribution is 5.87. The normalized spacial score (nSPS) is 20.9. The van der Waals surface area contributed by atoms with Gasteiger partial charge in [-0.05, 0) is 68.3 Å². The van der Waals surface area contributed by atoms with Gasteiger partial charge in [0.2, 0.25) is 0 Å². The Morgan fingerprint density at radius 3 is 2.79 bits per heavy atom. The van der Waals surface area contributed by atoms with E-state index in [0.717, 1.165) is 43.6 Å². The second-order valence-corrected chi connectivity index (χ2v) is 8.83. The van der Waals surface area contributed by atoms with Gasteiger partial charge in [0.25, 0.3) is 0 Å². The summed E-state index contributed by atoms with van der Waals surface area (Å²) in [5, 5.41) is 1.27. The van der Waals surface area contributed by atoms with Gasteiger partial charge in [0.05, 0.1) is 23.5 Å². The Morgan fingerprint density at radius 2 is 2.03 bits per heavy atom. The largest absolute Gasteiger partial charge is 0.335 e. The van der Waals surface area contributed by atoms with Crippen LogP contribution in [0.15, 0.2) is 65.9 Å². The van der Waals surface area contributed by atoms with Crippen LogP contribution >= 0.6 is 0 Å². The average molecular weight is 384 g/mol. The smallest absolute Gasteiger partial charge is 0.0924 e. The van der Waals surface area contributed by atoms with Gasteiger partial charge in [-0.3, -0.25) is 0 Å². The van der Waals surface area contributed by atoms with Crippen molar-refractivity contribution in [2.24, 2.45) is 5.92 Å². The van der Waals surface area contributed by atoms with Gasteiger partial charge < -0.3 is 9.80 Å². The highest BCUT2D eigenvalue weighted by Gasteiger charge is 2.36. The molecule has 3 nitrogen and oxygen atoms in total. The number of aromatic nitrogens is 1. The fraction of sp³-hybridized carbons (Fsp3) is 0.346. The Morgan fingerprint density at radius 1 is 1.21 bits per heavy atom. The minimum Gasteiger partial charge on any atom is -0.335 e. The predicted octanol–water partition coefficient (Wildman–Crippen LogP) is 5.65. The minimum atomic E-state index is 0.446. The molecule has 5 rings (SSSR count). The van der Waals surface area contributed by atoms with Crippen molar-refractivity contribution in [1.29, 1.82) is 0 Å². The minimum absolute atomic E-state index is 0.446. The van der Waals surface area contributed by atoms with E-state index in [9.17, 15) is 0 Å². The maximum atomic E-state index is 5.14. The Balaban J connectivity index is 1.65. The summed E-state index contributed by atoms with van der Waals surface area (Å²) in [6.07, 6.45) is 5.62. The quantitative estimate of drug-likeness (QED) is 0.638. The Hall–Kier alpha value is -2.65. The number of pyridine rings is 1. The molecule has 1 aromatic carbocycles. The molecule has 0 saturated carbocycles. The molecule has 0 fully saturated rings. The van der Waals surface area contributed by atoms with Crippen LogP contribution in [0.2, 0.25) is 0 Å². The molecular formula is C26H29N3. The molecule has 148 valence electrons. The van der Waals surface area contributed by atoms with Gasteiger partial charge >= 0.3 is 0 Å². The van der Waals surface area contributed by atoms with E-state index < -0.39 is 0 Å². The van der Waals surface area contributed by atoms with Gasteiger partial charge in [0.15, 0.2) is 0 Å². The lowest BCUT2D eigenvalue weighted by Crippen LogP contribution is -2.25. The Kier molecular flexibility index (Phi) is 4.25. The molecule has 1 aromatic heterocycles. The third kappa shape index (κ3) is 2.79. The van der Waals surface area contributed by atoms with Gasteiger partial charge in [0.1, 0.15) is 0 Å². The molecule has 0 saturated heterocycles. The SMILES string of the molecule is C=C1CCC2=C(C=C3c4nc5cccc(CN(C)C)c5cc4CN3C2=C)C1CC. The van der Waals surface area contributed by atoms with E-state index in [1.807, 2.05) is 0 Å². The third-order valence-electron chi connectivity index (χ3n) is 6.66. The van der Waals surface area contributed by atoms with Gasteiger partial charge in [-0.2, -0.15) is 0 Å². The summed E-state index contributed by atoms with van der Waals surface area (Å²) >= 11 is 0. The van der Waals surface area contributed by atoms with Crippen LogP contribution in [-0.2, 0) is 13.1 Å². The molecule has 29 heavy (non-hydrogen) atoms. The van der Waals surface area contributed by atoms with Crippen molar-refractivity contribution >= 4 is 16.6 Å². The summed E-state index contributed by atoms with van der Waals surface area (Å²) in [6, 6.07) is 8.84. The molecule has 3 heteroatoms. The Bertz CT molecular complexity index is 1120. The molecule has 0 amide bonds. The number of hydrogen-bond donors (Lipinski definition) is 0. The van der Waals surface area contributed by atoms with Gasteiger partial charge in [-0.25, -0.2) is 4.98 Å². The number of allylic oxidation sites excluding steroid dienone is 4. The van der Waals surface area contributed by atoms with Crippen molar-refractivity contribution in [3.05, 3.63) is 82.7 Å². The second-order valence-electron chi connectivity index (χ2n) is 8.83. The number of rotatable bonds is 3. The van der Waals surface area contributed by atoms with Gasteiger partial charge in [-0.1, -0.05) is 37.8 Å². The lowest BCUT2D eigenvalue weighted by Gasteiger charge is -2.37. The fourth-order valence-corrected chi connectivity index (χ4v) is 5.24. The number of nitrogens with zero attached hydrogens (tertiary/aromatic N) is 3. The number of hydrogen-bond acceptors (Lipinski definition) is 3. The Labute approximate surface area is 173 Å². The highest BCUT2D eigenvalue weighted by Crippen LogP contribution is 2.48. The van der Waals surface area contributed by atoms with Crippen LogP contribution in [0, 0.1) is 5.92 Å². The second kappa shape index (κ2) is 6.70. The van der Waals surface area contributed by atoms with E-state index in [-0.39, 0.29) is 0 Å². The first-order valence-electron chi connectivity index (χ1n) is 10.6. The van der Waals surface area contributed by atoms with Crippen molar-refractivity contribution in [2.45, 2.75) is 39.3 Å². The molecule has 3 aliphatic rings. The van der Waals surface area contributed by atoms with E-state index in [2.05, 4.69) is 74.3 Å². The summed E-state index contributed by atoms with van der Waals surface area (Å²) in [4.78, 5) is 9.73. The van der Waals surface area contributed by atoms with Gasteiger partial charge in [0, 0.05) is 29.1 Å². The van der Waals surface area contributed by atoms with Crippen molar-refractivity contribution < 1.29 is 0 Å². The summed E-state index contributed by atoms with van der Waals surface area (Å²) in [6.45, 7) is 12.9. The molecule has 1 aliphatic carbocycles. The number of benzene rings is 1. The van der Waals surface area contributed by atoms with Crippen LogP contribution in [-0.4, -0.2) is 28.9 Å². The maximum absolute atomic E-state index is 5.14. The summed E-state index contributed by atoms with van der Waals surface area (Å²) < 4.78 is 0. The van der Waals surface area contributed by atoms with Crippen LogP contribution in [0.3, 0.4) is 0 Å². The first kappa shape index (κ1) is 18.4. The van der Waals surface area contributed by atoms with E-state index >= 15 is 0 Å². The van der Waals surface area contributed by atoms with Crippen molar-refractivity contribution in [3.63, 3.8) is 0 Å². The first-order chi connectivity index (χ1) is 14.0. The molecule has 0 N–H and O–H groups in total. The van der Waals surface area contributed by atoms with Crippen LogP contribution in [0.4, 0.5) is 0 Å². The molecule has 1 unspecified atom stereocenters. The molecule has 2 aromatic rings. The summed E-state index contributed by atoms with van der Waals surface area (Å²) in [5.74, 6) is 0.446. The van der Waals surface area contributed by atoms with Crippen molar-refractivity contribution in [3.8, 4) is 0 Å². The molecule has 0 bridgehead atoms. The first-order valence-corrected chi connectivity index (χ1v) is 10.6. The lowest BCUT2D eigenvalue weighted by molar-refractivity contribution is 0.404. The topological polar surface area (TPSA) is 19.4 Å². The van der Waals surface area contributed by atoms with E-state index in [4.69, 9.17) is 4.98 Å². The zero-order chi connectivity index (χ0) is 20.3. The van der Waals surface area contributed by atoms with Crippen LogP contribution in [0.1, 0.15) is 43.0 Å². The van der Waals surface area contributed by atoms with E-state index in [1.165, 1.54) is 44.6 Å². The van der Waals surface area contributed by atoms with E-state index in [1.54, 1.807) is 0 Å². The molecule has 2 aliphatic heterocycles. The van der Waals surface area contributed by atoms with Crippen LogP contribution in [0.5, 0.6) is 0 Å². The number of fused-ring (bicyclic) bond motifs is 4. The highest BCUT2D eigenvalue weighted by atomic mass is 15.2. The predicted molar refractivity (Wildman–Crippen MR) is 121 cm³/mol. The summed E-state index contributed by atoms with van der Waals surface area (Å²) in [5.41, 5.74) is 11.4. The monoisotopic (exact) mass is 383 g/mol. The van der Waals surface area contributed by atoms with Crippen LogP contribution < -0.4 is 0 Å². The van der Waals surface area contributed by atoms with E-state index in [0.29, 0.717) is 5.92 Å². The standard InChI is InChI=1S/C26H29N3/c1-6-20-16(2)10-11-21-17(3)29-15-19-12-22-18(14-28(4)5)8-7-9-24(22)27-26(19)25(29)13-23(20)21/h7-9,12-13,20H,2-3,6,10-11,14-15H2,1,4-5H3. The van der Waals surface area contributed by atoms with Crippen molar-refractivity contribution in [2.75, 3.05) is 14.1 Å². The zero-order valence-electron chi connectivity index (χ0n) is 17.8.